The lowest BCUT2D eigenvalue weighted by Gasteiger charge is -2.07. The summed E-state index contributed by atoms with van der Waals surface area (Å²) in [6.07, 6.45) is 2.17. The number of hydrogen-bond donors (Lipinski definition) is 1. The Hall–Kier alpha value is -1.42. The molecule has 1 heterocycles. The number of fused-ring (bicyclic) bond motifs is 1. The molecule has 1 aromatic heterocycles. The van der Waals surface area contributed by atoms with Gasteiger partial charge in [0.1, 0.15) is 5.52 Å². The van der Waals surface area contributed by atoms with E-state index >= 15 is 0 Å². The SMILES string of the molecule is CC(CCl)CCCNc1nnc2ccccc2n1. The molecule has 0 aliphatic carbocycles. The molecule has 1 atom stereocenters. The lowest BCUT2D eigenvalue weighted by Crippen LogP contribution is -2.08. The molecule has 1 N–H and O–H groups in total. The average Bonchev–Trinajstić information content (AvgIpc) is 2.43. The second-order valence-corrected chi connectivity index (χ2v) is 4.76. The Morgan fingerprint density at radius 3 is 2.78 bits per heavy atom. The highest BCUT2D eigenvalue weighted by atomic mass is 35.5. The van der Waals surface area contributed by atoms with Crippen LogP contribution in [0.2, 0.25) is 0 Å². The van der Waals surface area contributed by atoms with Crippen molar-refractivity contribution in [2.45, 2.75) is 19.8 Å². The fourth-order valence-corrected chi connectivity index (χ4v) is 1.84. The van der Waals surface area contributed by atoms with Crippen LogP contribution in [0.25, 0.3) is 11.0 Å². The largest absolute Gasteiger partial charge is 0.353 e. The first-order valence-electron chi connectivity index (χ1n) is 6.19. The highest BCUT2D eigenvalue weighted by Crippen LogP contribution is 2.10. The van der Waals surface area contributed by atoms with Crippen LogP contribution >= 0.6 is 11.6 Å². The minimum Gasteiger partial charge on any atom is -0.353 e. The summed E-state index contributed by atoms with van der Waals surface area (Å²) < 4.78 is 0. The summed E-state index contributed by atoms with van der Waals surface area (Å²) in [7, 11) is 0. The van der Waals surface area contributed by atoms with Gasteiger partial charge in [-0.1, -0.05) is 19.1 Å². The molecule has 0 amide bonds. The number of hydrogen-bond acceptors (Lipinski definition) is 4. The summed E-state index contributed by atoms with van der Waals surface area (Å²) in [4.78, 5) is 4.40. The number of alkyl halides is 1. The third kappa shape index (κ3) is 3.53. The molecule has 0 aliphatic rings. The topological polar surface area (TPSA) is 50.7 Å². The van der Waals surface area contributed by atoms with Crippen LogP contribution in [0.1, 0.15) is 19.8 Å². The van der Waals surface area contributed by atoms with E-state index in [1.807, 2.05) is 24.3 Å². The maximum absolute atomic E-state index is 5.76. The molecule has 0 spiro atoms. The molecule has 96 valence electrons. The van der Waals surface area contributed by atoms with E-state index in [0.29, 0.717) is 17.7 Å². The van der Waals surface area contributed by atoms with Crippen LogP contribution in [0.5, 0.6) is 0 Å². The van der Waals surface area contributed by atoms with Crippen molar-refractivity contribution in [1.29, 1.82) is 0 Å². The van der Waals surface area contributed by atoms with Crippen molar-refractivity contribution in [2.24, 2.45) is 5.92 Å². The van der Waals surface area contributed by atoms with Gasteiger partial charge in [0.2, 0.25) is 5.95 Å². The van der Waals surface area contributed by atoms with E-state index in [0.717, 1.165) is 30.4 Å². The molecule has 0 bridgehead atoms. The van der Waals surface area contributed by atoms with Crippen LogP contribution in [0.3, 0.4) is 0 Å². The number of nitrogens with zero attached hydrogens (tertiary/aromatic N) is 3. The van der Waals surface area contributed by atoms with Crippen LogP contribution in [0.15, 0.2) is 24.3 Å². The van der Waals surface area contributed by atoms with Gasteiger partial charge in [-0.05, 0) is 30.9 Å². The van der Waals surface area contributed by atoms with Crippen molar-refractivity contribution in [1.82, 2.24) is 15.2 Å². The lowest BCUT2D eigenvalue weighted by atomic mass is 10.1. The fraction of sp³-hybridized carbons (Fsp3) is 0.462. The second kappa shape index (κ2) is 6.50. The highest BCUT2D eigenvalue weighted by molar-refractivity contribution is 6.18. The van der Waals surface area contributed by atoms with Gasteiger partial charge in [0.25, 0.3) is 0 Å². The van der Waals surface area contributed by atoms with Gasteiger partial charge in [0.05, 0.1) is 5.52 Å². The molecule has 1 aromatic carbocycles. The van der Waals surface area contributed by atoms with Crippen molar-refractivity contribution < 1.29 is 0 Å². The van der Waals surface area contributed by atoms with E-state index in [9.17, 15) is 0 Å². The molecule has 0 saturated heterocycles. The quantitative estimate of drug-likeness (QED) is 0.643. The van der Waals surface area contributed by atoms with Crippen LogP contribution in [0, 0.1) is 5.92 Å². The molecule has 2 rings (SSSR count). The number of nitrogens with one attached hydrogen (secondary N) is 1. The number of para-hydroxylation sites is 1. The van der Waals surface area contributed by atoms with Gasteiger partial charge in [0, 0.05) is 12.4 Å². The summed E-state index contributed by atoms with van der Waals surface area (Å²) in [6.45, 7) is 3.00. The van der Waals surface area contributed by atoms with Crippen molar-refractivity contribution in [3.8, 4) is 0 Å². The second-order valence-electron chi connectivity index (χ2n) is 4.45. The smallest absolute Gasteiger partial charge is 0.243 e. The molecule has 0 aliphatic heterocycles. The number of anilines is 1. The molecule has 18 heavy (non-hydrogen) atoms. The van der Waals surface area contributed by atoms with Crippen molar-refractivity contribution in [2.75, 3.05) is 17.7 Å². The van der Waals surface area contributed by atoms with Gasteiger partial charge in [0.15, 0.2) is 0 Å². The summed E-state index contributed by atoms with van der Waals surface area (Å²) in [5.74, 6) is 1.87. The Bertz CT molecular complexity index is 503. The molecule has 0 radical (unpaired) electrons. The number of aromatic nitrogens is 3. The minimum atomic E-state index is 0.559. The van der Waals surface area contributed by atoms with Gasteiger partial charge >= 0.3 is 0 Å². The molecule has 0 fully saturated rings. The van der Waals surface area contributed by atoms with Gasteiger partial charge in [-0.3, -0.25) is 0 Å². The van der Waals surface area contributed by atoms with Crippen molar-refractivity contribution >= 4 is 28.6 Å². The molecule has 4 nitrogen and oxygen atoms in total. The van der Waals surface area contributed by atoms with E-state index < -0.39 is 0 Å². The molecule has 2 aromatic rings. The maximum Gasteiger partial charge on any atom is 0.243 e. The summed E-state index contributed by atoms with van der Waals surface area (Å²) in [5, 5.41) is 11.3. The zero-order chi connectivity index (χ0) is 12.8. The number of halogens is 1. The standard InChI is InChI=1S/C13H17ClN4/c1-10(9-14)5-4-8-15-13-16-11-6-2-3-7-12(11)17-18-13/h2-3,6-7,10H,4-5,8-9H2,1H3,(H,15,16,18). The monoisotopic (exact) mass is 264 g/mol. The predicted octanol–water partition coefficient (Wildman–Crippen LogP) is 3.09. The van der Waals surface area contributed by atoms with Gasteiger partial charge in [-0.15, -0.1) is 21.8 Å². The maximum atomic E-state index is 5.76. The van der Waals surface area contributed by atoms with Gasteiger partial charge in [-0.2, -0.15) is 0 Å². The van der Waals surface area contributed by atoms with Gasteiger partial charge in [-0.25, -0.2) is 4.98 Å². The Balaban J connectivity index is 1.88. The Kier molecular flexibility index (Phi) is 4.70. The Labute approximate surface area is 112 Å². The first-order chi connectivity index (χ1) is 8.79. The third-order valence-corrected chi connectivity index (χ3v) is 3.31. The van der Waals surface area contributed by atoms with Gasteiger partial charge < -0.3 is 5.32 Å². The molecule has 1 unspecified atom stereocenters. The van der Waals surface area contributed by atoms with E-state index in [4.69, 9.17) is 11.6 Å². The molecular formula is C13H17ClN4. The summed E-state index contributed by atoms with van der Waals surface area (Å²) in [5.41, 5.74) is 1.68. The summed E-state index contributed by atoms with van der Waals surface area (Å²) in [6, 6.07) is 7.72. The first-order valence-corrected chi connectivity index (χ1v) is 6.72. The van der Waals surface area contributed by atoms with Crippen LogP contribution in [-0.2, 0) is 0 Å². The average molecular weight is 265 g/mol. The number of benzene rings is 1. The Morgan fingerprint density at radius 1 is 1.22 bits per heavy atom. The predicted molar refractivity (Wildman–Crippen MR) is 74.9 cm³/mol. The van der Waals surface area contributed by atoms with E-state index in [2.05, 4.69) is 27.4 Å². The van der Waals surface area contributed by atoms with E-state index in [1.165, 1.54) is 0 Å². The van der Waals surface area contributed by atoms with Crippen molar-refractivity contribution in [3.05, 3.63) is 24.3 Å². The zero-order valence-corrected chi connectivity index (χ0v) is 11.2. The highest BCUT2D eigenvalue weighted by Gasteiger charge is 2.02. The van der Waals surface area contributed by atoms with Crippen LogP contribution < -0.4 is 5.32 Å². The van der Waals surface area contributed by atoms with Crippen molar-refractivity contribution in [3.63, 3.8) is 0 Å². The van der Waals surface area contributed by atoms with E-state index in [1.54, 1.807) is 0 Å². The Morgan fingerprint density at radius 2 is 2.00 bits per heavy atom. The normalized spacial score (nSPS) is 12.6. The number of rotatable bonds is 6. The zero-order valence-electron chi connectivity index (χ0n) is 10.4. The lowest BCUT2D eigenvalue weighted by molar-refractivity contribution is 0.572. The third-order valence-electron chi connectivity index (χ3n) is 2.78. The van der Waals surface area contributed by atoms with Crippen LogP contribution in [-0.4, -0.2) is 27.6 Å². The first kappa shape index (κ1) is 13.0. The minimum absolute atomic E-state index is 0.559. The molecule has 5 heteroatoms. The fourth-order valence-electron chi connectivity index (χ4n) is 1.68. The van der Waals surface area contributed by atoms with E-state index in [-0.39, 0.29) is 0 Å². The molecular weight excluding hydrogens is 248 g/mol. The summed E-state index contributed by atoms with van der Waals surface area (Å²) >= 11 is 5.76. The molecule has 0 saturated carbocycles. The van der Waals surface area contributed by atoms with Crippen LogP contribution in [0.4, 0.5) is 5.95 Å².